The lowest BCUT2D eigenvalue weighted by atomic mass is 10.1. The number of unbranched alkanes of at least 4 members (excludes halogenated alkanes) is 11. The Labute approximate surface area is 169 Å². The van der Waals surface area contributed by atoms with Crippen molar-refractivity contribution in [1.29, 1.82) is 0 Å². The Morgan fingerprint density at radius 1 is 0.889 bits per heavy atom. The van der Waals surface area contributed by atoms with Crippen LogP contribution in [0.2, 0.25) is 0 Å². The van der Waals surface area contributed by atoms with Crippen LogP contribution in [-0.2, 0) is 9.09 Å². The molecule has 0 bridgehead atoms. The third-order valence-corrected chi connectivity index (χ3v) is 7.53. The summed E-state index contributed by atoms with van der Waals surface area (Å²) in [4.78, 5) is 10.2. The lowest BCUT2D eigenvalue weighted by Crippen LogP contribution is -2.44. The van der Waals surface area contributed by atoms with E-state index in [1.54, 1.807) is 0 Å². The van der Waals surface area contributed by atoms with Gasteiger partial charge in [0.25, 0.3) is 0 Å². The molecule has 2 unspecified atom stereocenters. The van der Waals surface area contributed by atoms with Gasteiger partial charge in [0.15, 0.2) is 5.78 Å². The van der Waals surface area contributed by atoms with Gasteiger partial charge in [0, 0.05) is 6.42 Å². The molecule has 0 aromatic carbocycles. The number of quaternary nitrogens is 1. The molecule has 5 heteroatoms. The molecule has 0 aliphatic rings. The Hall–Kier alpha value is -0.150. The second-order valence-electron chi connectivity index (χ2n) is 8.65. The number of hydrogen-bond acceptors (Lipinski definition) is 2. The van der Waals surface area contributed by atoms with Gasteiger partial charge in [-0.25, -0.2) is 0 Å². The molecular weight excluding hydrogens is 357 g/mol. The fourth-order valence-corrected chi connectivity index (χ4v) is 5.52. The Morgan fingerprint density at radius 3 is 1.74 bits per heavy atom. The van der Waals surface area contributed by atoms with Crippen LogP contribution in [0.4, 0.5) is 0 Å². The molecule has 0 aliphatic heterocycles. The minimum absolute atomic E-state index is 0.347. The van der Waals surface area contributed by atoms with Gasteiger partial charge in [0.1, 0.15) is 0 Å². The molecule has 0 amide bonds. The van der Waals surface area contributed by atoms with Crippen molar-refractivity contribution in [1.82, 2.24) is 0 Å². The number of rotatable bonds is 18. The zero-order valence-corrected chi connectivity index (χ0v) is 19.7. The van der Waals surface area contributed by atoms with E-state index in [2.05, 4.69) is 19.1 Å². The molecule has 1 N–H and O–H groups in total. The normalized spacial score (nSPS) is 15.9. The molecule has 0 radical (unpaired) electrons. The maximum Gasteiger partial charge on any atom is 0.385 e. The van der Waals surface area contributed by atoms with Gasteiger partial charge in [0.2, 0.25) is 0 Å². The van der Waals surface area contributed by atoms with E-state index in [1.807, 2.05) is 28.1 Å². The van der Waals surface area contributed by atoms with Crippen LogP contribution >= 0.6 is 7.60 Å². The van der Waals surface area contributed by atoms with Crippen LogP contribution in [0.1, 0.15) is 97.3 Å². The SMILES string of the molecule is C/C=C\CCCCCCCCCCCCCOP(=O)(O)C(CC)[N+](C)(C)C. The van der Waals surface area contributed by atoms with Crippen molar-refractivity contribution in [2.75, 3.05) is 27.7 Å². The highest BCUT2D eigenvalue weighted by molar-refractivity contribution is 7.53. The molecule has 0 saturated heterocycles. The first-order valence-electron chi connectivity index (χ1n) is 11.1. The molecule has 0 aliphatic carbocycles. The number of allylic oxidation sites excluding steroid dienone is 2. The monoisotopic (exact) mass is 404 g/mol. The number of nitrogens with zero attached hydrogens (tertiary/aromatic N) is 1. The summed E-state index contributed by atoms with van der Waals surface area (Å²) in [6, 6.07) is 0. The molecule has 2 atom stereocenters. The summed E-state index contributed by atoms with van der Waals surface area (Å²) in [6.07, 6.45) is 20.2. The highest BCUT2D eigenvalue weighted by Crippen LogP contribution is 2.51. The van der Waals surface area contributed by atoms with Gasteiger partial charge in [0.05, 0.1) is 27.7 Å². The van der Waals surface area contributed by atoms with E-state index in [0.717, 1.165) is 12.8 Å². The van der Waals surface area contributed by atoms with E-state index in [9.17, 15) is 9.46 Å². The van der Waals surface area contributed by atoms with Gasteiger partial charge in [-0.2, -0.15) is 0 Å². The highest BCUT2D eigenvalue weighted by atomic mass is 31.2. The van der Waals surface area contributed by atoms with Gasteiger partial charge in [-0.3, -0.25) is 4.57 Å². The fourth-order valence-electron chi connectivity index (χ4n) is 3.62. The minimum Gasteiger partial charge on any atom is -0.320 e. The summed E-state index contributed by atoms with van der Waals surface area (Å²) in [5.74, 6) is -0.347. The Kier molecular flexibility index (Phi) is 15.6. The third kappa shape index (κ3) is 14.5. The summed E-state index contributed by atoms with van der Waals surface area (Å²) >= 11 is 0. The molecule has 0 rings (SSSR count). The number of hydrogen-bond donors (Lipinski definition) is 1. The van der Waals surface area contributed by atoms with Crippen LogP contribution in [0.25, 0.3) is 0 Å². The summed E-state index contributed by atoms with van der Waals surface area (Å²) in [5.41, 5.74) is 0. The van der Waals surface area contributed by atoms with Crippen LogP contribution in [0, 0.1) is 0 Å². The second kappa shape index (κ2) is 15.7. The van der Waals surface area contributed by atoms with Crippen molar-refractivity contribution in [2.24, 2.45) is 0 Å². The summed E-state index contributed by atoms with van der Waals surface area (Å²) in [5, 5.41) is 0. The van der Waals surface area contributed by atoms with Crippen molar-refractivity contribution in [3.8, 4) is 0 Å². The van der Waals surface area contributed by atoms with Crippen molar-refractivity contribution in [3.63, 3.8) is 0 Å². The molecule has 0 fully saturated rings. The summed E-state index contributed by atoms with van der Waals surface area (Å²) in [6.45, 7) is 4.44. The Bertz CT molecular complexity index is 418. The maximum absolute atomic E-state index is 12.4. The predicted octanol–water partition coefficient (Wildman–Crippen LogP) is 6.89. The first kappa shape index (κ1) is 26.9. The molecule has 0 heterocycles. The van der Waals surface area contributed by atoms with Crippen LogP contribution in [0.3, 0.4) is 0 Å². The average Bonchev–Trinajstić information content (AvgIpc) is 2.57. The summed E-state index contributed by atoms with van der Waals surface area (Å²) in [7, 11) is 2.30. The fraction of sp³-hybridized carbons (Fsp3) is 0.909. The van der Waals surface area contributed by atoms with Gasteiger partial charge in [-0.1, -0.05) is 76.9 Å². The largest absolute Gasteiger partial charge is 0.385 e. The van der Waals surface area contributed by atoms with Gasteiger partial charge < -0.3 is 13.9 Å². The van der Waals surface area contributed by atoms with E-state index in [0.29, 0.717) is 17.5 Å². The van der Waals surface area contributed by atoms with Crippen LogP contribution < -0.4 is 0 Å². The van der Waals surface area contributed by atoms with Crippen molar-refractivity contribution in [3.05, 3.63) is 12.2 Å². The molecule has 0 aromatic rings. The molecular formula is C22H47NO3P+. The third-order valence-electron chi connectivity index (χ3n) is 5.16. The van der Waals surface area contributed by atoms with Gasteiger partial charge in [-0.15, -0.1) is 0 Å². The first-order valence-corrected chi connectivity index (χ1v) is 12.8. The molecule has 27 heavy (non-hydrogen) atoms. The molecule has 0 aromatic heterocycles. The van der Waals surface area contributed by atoms with E-state index < -0.39 is 7.60 Å². The van der Waals surface area contributed by atoms with E-state index in [4.69, 9.17) is 4.52 Å². The smallest absolute Gasteiger partial charge is 0.320 e. The topological polar surface area (TPSA) is 46.5 Å². The average molecular weight is 405 g/mol. The molecule has 4 nitrogen and oxygen atoms in total. The quantitative estimate of drug-likeness (QED) is 0.117. The van der Waals surface area contributed by atoms with Crippen LogP contribution in [-0.4, -0.2) is 42.9 Å². The van der Waals surface area contributed by atoms with Crippen molar-refractivity contribution in [2.45, 2.75) is 103 Å². The lowest BCUT2D eigenvalue weighted by molar-refractivity contribution is -0.883. The van der Waals surface area contributed by atoms with Crippen LogP contribution in [0.15, 0.2) is 12.2 Å². The first-order chi connectivity index (χ1) is 12.8. The van der Waals surface area contributed by atoms with Crippen LogP contribution in [0.5, 0.6) is 0 Å². The zero-order chi connectivity index (χ0) is 20.6. The molecule has 0 spiro atoms. The predicted molar refractivity (Wildman–Crippen MR) is 118 cm³/mol. The maximum atomic E-state index is 12.4. The minimum atomic E-state index is -3.54. The standard InChI is InChI=1S/C22H46NO3P/c1-6-8-9-10-11-12-13-14-15-16-17-18-19-20-21-26-27(24,25)22(7-2)23(3,4)5/h6,8,22H,7,9-21H2,1-5H3/p+1/b8-6-. The molecule has 162 valence electrons. The highest BCUT2D eigenvalue weighted by Gasteiger charge is 2.41. The van der Waals surface area contributed by atoms with Gasteiger partial charge >= 0.3 is 7.60 Å². The van der Waals surface area contributed by atoms with Gasteiger partial charge in [-0.05, 0) is 26.2 Å². The Balaban J connectivity index is 3.53. The zero-order valence-electron chi connectivity index (χ0n) is 18.8. The van der Waals surface area contributed by atoms with Crippen molar-refractivity contribution < 1.29 is 18.5 Å². The van der Waals surface area contributed by atoms with E-state index in [1.165, 1.54) is 64.2 Å². The molecule has 0 saturated carbocycles. The van der Waals surface area contributed by atoms with Crippen molar-refractivity contribution >= 4 is 7.60 Å². The summed E-state index contributed by atoms with van der Waals surface area (Å²) < 4.78 is 18.3. The lowest BCUT2D eigenvalue weighted by Gasteiger charge is -2.35. The second-order valence-corrected chi connectivity index (χ2v) is 10.6. The van der Waals surface area contributed by atoms with E-state index >= 15 is 0 Å². The Morgan fingerprint density at radius 2 is 1.33 bits per heavy atom. The van der Waals surface area contributed by atoms with E-state index in [-0.39, 0.29) is 5.78 Å².